The van der Waals surface area contributed by atoms with Crippen LogP contribution in [0.5, 0.6) is 11.5 Å². The highest BCUT2D eigenvalue weighted by atomic mass is 16.3. The van der Waals surface area contributed by atoms with Crippen LogP contribution in [0, 0.1) is 0 Å². The number of carbonyl (C=O) groups excluding carboxylic acids is 3. The van der Waals surface area contributed by atoms with Crippen LogP contribution in [0.2, 0.25) is 0 Å². The number of rotatable bonds is 4. The Morgan fingerprint density at radius 3 is 2.00 bits per heavy atom. The van der Waals surface area contributed by atoms with E-state index in [-0.39, 0.29) is 56.8 Å². The molecular weight excluding hydrogens is 382 g/mol. The first-order valence-corrected chi connectivity index (χ1v) is 9.79. The second-order valence-electron chi connectivity index (χ2n) is 8.24. The van der Waals surface area contributed by atoms with Crippen molar-refractivity contribution in [2.45, 2.75) is 46.5 Å². The van der Waals surface area contributed by atoms with Crippen LogP contribution in [-0.2, 0) is 4.79 Å². The van der Waals surface area contributed by atoms with Crippen LogP contribution in [0.4, 0.5) is 5.69 Å². The van der Waals surface area contributed by atoms with Gasteiger partial charge in [-0.25, -0.2) is 0 Å². The highest BCUT2D eigenvalue weighted by Crippen LogP contribution is 2.45. The largest absolute Gasteiger partial charge is 0.507 e. The standard InChI is InChI=1S/C24H25NO5/c1-10(2)13-7-8-14-17(20(13)26)23(29)19-18(21(14)27)16(25-24(30)12(5)6)9-15(11(3)4)22(19)28/h7-11,26,28H,5H2,1-4,6H3,(H,25,30). The summed E-state index contributed by atoms with van der Waals surface area (Å²) in [5, 5.41) is 24.2. The van der Waals surface area contributed by atoms with Crippen LogP contribution in [0.25, 0.3) is 0 Å². The zero-order chi connectivity index (χ0) is 22.5. The number of ketones is 2. The lowest BCUT2D eigenvalue weighted by Gasteiger charge is -2.25. The van der Waals surface area contributed by atoms with E-state index in [4.69, 9.17) is 0 Å². The lowest BCUT2D eigenvalue weighted by atomic mass is 9.78. The van der Waals surface area contributed by atoms with Gasteiger partial charge in [-0.2, -0.15) is 0 Å². The third-order valence-corrected chi connectivity index (χ3v) is 5.34. The molecule has 2 aromatic carbocycles. The van der Waals surface area contributed by atoms with Crippen molar-refractivity contribution in [3.63, 3.8) is 0 Å². The second kappa shape index (κ2) is 7.44. The summed E-state index contributed by atoms with van der Waals surface area (Å²) in [6.07, 6.45) is 0. The van der Waals surface area contributed by atoms with E-state index in [0.29, 0.717) is 11.1 Å². The zero-order valence-electron chi connectivity index (χ0n) is 17.7. The first-order valence-electron chi connectivity index (χ1n) is 9.79. The average molecular weight is 407 g/mol. The molecule has 0 saturated carbocycles. The minimum atomic E-state index is -0.648. The molecule has 0 spiro atoms. The summed E-state index contributed by atoms with van der Waals surface area (Å²) >= 11 is 0. The summed E-state index contributed by atoms with van der Waals surface area (Å²) in [6.45, 7) is 12.5. The molecule has 1 aliphatic carbocycles. The minimum Gasteiger partial charge on any atom is -0.507 e. The number of hydrogen-bond acceptors (Lipinski definition) is 5. The molecule has 0 unspecified atom stereocenters. The van der Waals surface area contributed by atoms with Gasteiger partial charge in [-0.1, -0.05) is 40.3 Å². The van der Waals surface area contributed by atoms with E-state index in [1.807, 2.05) is 27.7 Å². The van der Waals surface area contributed by atoms with Crippen LogP contribution in [0.1, 0.15) is 89.4 Å². The van der Waals surface area contributed by atoms with E-state index >= 15 is 0 Å². The van der Waals surface area contributed by atoms with Crippen molar-refractivity contribution in [1.82, 2.24) is 0 Å². The lowest BCUT2D eigenvalue weighted by Crippen LogP contribution is -2.25. The van der Waals surface area contributed by atoms with E-state index in [1.165, 1.54) is 19.1 Å². The Balaban J connectivity index is 2.36. The van der Waals surface area contributed by atoms with Crippen molar-refractivity contribution in [1.29, 1.82) is 0 Å². The van der Waals surface area contributed by atoms with Gasteiger partial charge in [-0.3, -0.25) is 14.4 Å². The molecule has 6 heteroatoms. The predicted molar refractivity (Wildman–Crippen MR) is 115 cm³/mol. The Morgan fingerprint density at radius 2 is 1.47 bits per heavy atom. The number of phenolic OH excluding ortho intramolecular Hbond substituents is 2. The number of hydrogen-bond donors (Lipinski definition) is 3. The Labute approximate surface area is 175 Å². The first kappa shape index (κ1) is 21.3. The number of fused-ring (bicyclic) bond motifs is 2. The average Bonchev–Trinajstić information content (AvgIpc) is 2.65. The van der Waals surface area contributed by atoms with Gasteiger partial charge >= 0.3 is 0 Å². The van der Waals surface area contributed by atoms with Crippen LogP contribution in [0.15, 0.2) is 30.4 Å². The van der Waals surface area contributed by atoms with Gasteiger partial charge in [0.1, 0.15) is 11.5 Å². The first-order chi connectivity index (χ1) is 14.0. The number of amides is 1. The molecule has 0 fully saturated rings. The van der Waals surface area contributed by atoms with Gasteiger partial charge in [0.25, 0.3) is 5.91 Å². The van der Waals surface area contributed by atoms with Crippen molar-refractivity contribution < 1.29 is 24.6 Å². The molecule has 6 nitrogen and oxygen atoms in total. The summed E-state index contributed by atoms with van der Waals surface area (Å²) in [6, 6.07) is 4.63. The number of phenols is 2. The highest BCUT2D eigenvalue weighted by Gasteiger charge is 2.38. The third kappa shape index (κ3) is 3.18. The Bertz CT molecular complexity index is 1130. The Hall–Kier alpha value is -3.41. The van der Waals surface area contributed by atoms with E-state index in [0.717, 1.165) is 0 Å². The number of nitrogens with one attached hydrogen (secondary N) is 1. The quantitative estimate of drug-likeness (QED) is 0.432. The molecule has 0 radical (unpaired) electrons. The molecule has 0 aliphatic heterocycles. The smallest absolute Gasteiger partial charge is 0.250 e. The fourth-order valence-corrected chi connectivity index (χ4v) is 3.67. The zero-order valence-corrected chi connectivity index (χ0v) is 17.7. The second-order valence-corrected chi connectivity index (χ2v) is 8.24. The topological polar surface area (TPSA) is 104 Å². The van der Waals surface area contributed by atoms with E-state index in [1.54, 1.807) is 6.07 Å². The van der Waals surface area contributed by atoms with Gasteiger partial charge < -0.3 is 15.5 Å². The molecule has 2 aromatic rings. The van der Waals surface area contributed by atoms with Crippen LogP contribution in [-0.4, -0.2) is 27.7 Å². The molecule has 0 heterocycles. The van der Waals surface area contributed by atoms with Gasteiger partial charge in [0.05, 0.1) is 22.4 Å². The molecule has 0 aromatic heterocycles. The van der Waals surface area contributed by atoms with Gasteiger partial charge in [0, 0.05) is 11.1 Å². The molecular formula is C24H25NO5. The van der Waals surface area contributed by atoms with Crippen molar-refractivity contribution in [2.75, 3.05) is 5.32 Å². The number of benzene rings is 2. The van der Waals surface area contributed by atoms with E-state index < -0.39 is 17.5 Å². The third-order valence-electron chi connectivity index (χ3n) is 5.34. The molecule has 3 N–H and O–H groups in total. The molecule has 1 aliphatic rings. The monoisotopic (exact) mass is 407 g/mol. The molecule has 30 heavy (non-hydrogen) atoms. The normalized spacial score (nSPS) is 12.8. The summed E-state index contributed by atoms with van der Waals surface area (Å²) in [5.41, 5.74) is 0.952. The van der Waals surface area contributed by atoms with E-state index in [9.17, 15) is 24.6 Å². The summed E-state index contributed by atoms with van der Waals surface area (Å²) in [4.78, 5) is 39.0. The van der Waals surface area contributed by atoms with Crippen molar-refractivity contribution in [2.24, 2.45) is 0 Å². The van der Waals surface area contributed by atoms with Crippen molar-refractivity contribution >= 4 is 23.2 Å². The maximum Gasteiger partial charge on any atom is 0.250 e. The van der Waals surface area contributed by atoms with Gasteiger partial charge in [-0.15, -0.1) is 0 Å². The molecule has 1 amide bonds. The number of anilines is 1. The van der Waals surface area contributed by atoms with Crippen LogP contribution >= 0.6 is 0 Å². The fourth-order valence-electron chi connectivity index (χ4n) is 3.67. The Morgan fingerprint density at radius 1 is 0.900 bits per heavy atom. The van der Waals surface area contributed by atoms with Gasteiger partial charge in [0.15, 0.2) is 5.78 Å². The summed E-state index contributed by atoms with van der Waals surface area (Å²) in [5.74, 6) is -2.52. The summed E-state index contributed by atoms with van der Waals surface area (Å²) in [7, 11) is 0. The fraction of sp³-hybridized carbons (Fsp3) is 0.292. The van der Waals surface area contributed by atoms with Crippen LogP contribution < -0.4 is 5.32 Å². The minimum absolute atomic E-state index is 0.0388. The van der Waals surface area contributed by atoms with Crippen LogP contribution in [0.3, 0.4) is 0 Å². The highest BCUT2D eigenvalue weighted by molar-refractivity contribution is 6.32. The number of carbonyl (C=O) groups is 3. The van der Waals surface area contributed by atoms with Crippen molar-refractivity contribution in [3.8, 4) is 11.5 Å². The molecule has 0 saturated heterocycles. The predicted octanol–water partition coefficient (Wildman–Crippen LogP) is 4.63. The lowest BCUT2D eigenvalue weighted by molar-refractivity contribution is -0.112. The molecule has 3 rings (SSSR count). The van der Waals surface area contributed by atoms with Gasteiger partial charge in [-0.05, 0) is 42.0 Å². The maximum atomic E-state index is 13.4. The summed E-state index contributed by atoms with van der Waals surface area (Å²) < 4.78 is 0. The molecule has 156 valence electrons. The van der Waals surface area contributed by atoms with Gasteiger partial charge in [0.2, 0.25) is 5.78 Å². The SMILES string of the molecule is C=C(C)C(=O)Nc1cc(C(C)C)c(O)c2c1C(=O)c1ccc(C(C)C)c(O)c1C2=O. The molecule has 0 atom stereocenters. The Kier molecular flexibility index (Phi) is 5.29. The maximum absolute atomic E-state index is 13.4. The van der Waals surface area contributed by atoms with E-state index in [2.05, 4.69) is 11.9 Å². The number of aromatic hydroxyl groups is 2. The molecule has 0 bridgehead atoms. The van der Waals surface area contributed by atoms with Crippen molar-refractivity contribution in [3.05, 3.63) is 63.7 Å².